The maximum Gasteiger partial charge on any atom is 0.220 e. The molecule has 0 spiro atoms. The Balaban J connectivity index is 1.83. The first-order valence-electron chi connectivity index (χ1n) is 7.46. The number of aryl methyl sites for hydroxylation is 2. The molecule has 1 N–H and O–H groups in total. The van der Waals surface area contributed by atoms with Crippen LogP contribution in [0, 0.1) is 0 Å². The van der Waals surface area contributed by atoms with Gasteiger partial charge in [-0.25, -0.2) is 0 Å². The molecular formula is C18H22N2O. The maximum absolute atomic E-state index is 12.0. The van der Waals surface area contributed by atoms with Gasteiger partial charge in [-0.3, -0.25) is 9.78 Å². The van der Waals surface area contributed by atoms with E-state index in [-0.39, 0.29) is 11.9 Å². The fourth-order valence-electron chi connectivity index (χ4n) is 2.24. The predicted octanol–water partition coefficient (Wildman–Crippen LogP) is 3.45. The van der Waals surface area contributed by atoms with Crippen LogP contribution in [0.25, 0.3) is 0 Å². The van der Waals surface area contributed by atoms with Crippen molar-refractivity contribution in [1.29, 1.82) is 0 Å². The van der Waals surface area contributed by atoms with Gasteiger partial charge >= 0.3 is 0 Å². The predicted molar refractivity (Wildman–Crippen MR) is 84.9 cm³/mol. The van der Waals surface area contributed by atoms with Crippen LogP contribution >= 0.6 is 0 Å². The molecule has 3 heteroatoms. The van der Waals surface area contributed by atoms with E-state index in [0.29, 0.717) is 6.42 Å². The van der Waals surface area contributed by atoms with Gasteiger partial charge in [-0.15, -0.1) is 0 Å². The molecule has 0 bridgehead atoms. The second-order valence-electron chi connectivity index (χ2n) is 5.25. The van der Waals surface area contributed by atoms with Crippen LogP contribution in [-0.4, -0.2) is 10.9 Å². The molecule has 0 fully saturated rings. The minimum atomic E-state index is 0.0392. The van der Waals surface area contributed by atoms with Crippen LogP contribution < -0.4 is 5.32 Å². The summed E-state index contributed by atoms with van der Waals surface area (Å²) in [6, 6.07) is 12.3. The van der Waals surface area contributed by atoms with Crippen molar-refractivity contribution in [2.75, 3.05) is 0 Å². The monoisotopic (exact) mass is 282 g/mol. The van der Waals surface area contributed by atoms with Crippen molar-refractivity contribution in [2.45, 2.75) is 39.2 Å². The zero-order valence-electron chi connectivity index (χ0n) is 12.7. The highest BCUT2D eigenvalue weighted by molar-refractivity contribution is 5.76. The number of carbonyl (C=O) groups is 1. The Bertz CT molecular complexity index is 564. The normalized spacial score (nSPS) is 11.9. The molecule has 21 heavy (non-hydrogen) atoms. The van der Waals surface area contributed by atoms with Gasteiger partial charge in [0.25, 0.3) is 0 Å². The summed E-state index contributed by atoms with van der Waals surface area (Å²) in [5.74, 6) is 0.0749. The molecule has 1 unspecified atom stereocenters. The minimum absolute atomic E-state index is 0.0392. The van der Waals surface area contributed by atoms with E-state index in [1.807, 2.05) is 19.1 Å². The van der Waals surface area contributed by atoms with Crippen molar-refractivity contribution < 1.29 is 4.79 Å². The van der Waals surface area contributed by atoms with Crippen LogP contribution in [0.2, 0.25) is 0 Å². The molecular weight excluding hydrogens is 260 g/mol. The summed E-state index contributed by atoms with van der Waals surface area (Å²) in [5.41, 5.74) is 3.54. The number of rotatable bonds is 6. The molecule has 1 aromatic heterocycles. The molecule has 2 aromatic rings. The third-order valence-corrected chi connectivity index (χ3v) is 3.63. The molecule has 3 nitrogen and oxygen atoms in total. The van der Waals surface area contributed by atoms with E-state index in [4.69, 9.17) is 0 Å². The molecule has 0 aliphatic rings. The second-order valence-corrected chi connectivity index (χ2v) is 5.25. The van der Waals surface area contributed by atoms with Gasteiger partial charge in [0, 0.05) is 18.8 Å². The van der Waals surface area contributed by atoms with E-state index < -0.39 is 0 Å². The lowest BCUT2D eigenvalue weighted by Crippen LogP contribution is -2.26. The van der Waals surface area contributed by atoms with Gasteiger partial charge in [-0.05, 0) is 42.5 Å². The largest absolute Gasteiger partial charge is 0.350 e. The Kier molecular flexibility index (Phi) is 5.50. The average molecular weight is 282 g/mol. The molecule has 2 rings (SSSR count). The van der Waals surface area contributed by atoms with Crippen LogP contribution in [-0.2, 0) is 17.6 Å². The Morgan fingerprint density at radius 1 is 1.19 bits per heavy atom. The smallest absolute Gasteiger partial charge is 0.220 e. The number of amides is 1. The number of hydrogen-bond acceptors (Lipinski definition) is 2. The quantitative estimate of drug-likeness (QED) is 0.881. The van der Waals surface area contributed by atoms with E-state index in [1.165, 1.54) is 5.56 Å². The third-order valence-electron chi connectivity index (χ3n) is 3.63. The van der Waals surface area contributed by atoms with Crippen molar-refractivity contribution in [3.63, 3.8) is 0 Å². The molecule has 0 radical (unpaired) electrons. The summed E-state index contributed by atoms with van der Waals surface area (Å²) in [5, 5.41) is 3.04. The van der Waals surface area contributed by atoms with Crippen molar-refractivity contribution in [2.24, 2.45) is 0 Å². The molecule has 1 amide bonds. The molecule has 110 valence electrons. The Hall–Kier alpha value is -2.16. The average Bonchev–Trinajstić information content (AvgIpc) is 2.54. The van der Waals surface area contributed by atoms with Gasteiger partial charge in [0.2, 0.25) is 5.91 Å². The van der Waals surface area contributed by atoms with Gasteiger partial charge in [0.05, 0.1) is 6.04 Å². The molecule has 1 aromatic carbocycles. The molecule has 0 saturated heterocycles. The van der Waals surface area contributed by atoms with Crippen LogP contribution in [0.4, 0.5) is 0 Å². The topological polar surface area (TPSA) is 42.0 Å². The summed E-state index contributed by atoms with van der Waals surface area (Å²) >= 11 is 0. The first kappa shape index (κ1) is 15.2. The molecule has 0 aliphatic heterocycles. The fourth-order valence-corrected chi connectivity index (χ4v) is 2.24. The molecule has 0 aliphatic carbocycles. The number of pyridine rings is 1. The van der Waals surface area contributed by atoms with Crippen LogP contribution in [0.15, 0.2) is 48.8 Å². The Labute approximate surface area is 126 Å². The number of carbonyl (C=O) groups excluding carboxylic acids is 1. The van der Waals surface area contributed by atoms with Crippen LogP contribution in [0.5, 0.6) is 0 Å². The van der Waals surface area contributed by atoms with Crippen molar-refractivity contribution in [3.8, 4) is 0 Å². The van der Waals surface area contributed by atoms with E-state index in [2.05, 4.69) is 41.5 Å². The third kappa shape index (κ3) is 4.71. The second kappa shape index (κ2) is 7.58. The lowest BCUT2D eigenvalue weighted by atomic mass is 10.0. The van der Waals surface area contributed by atoms with Crippen molar-refractivity contribution >= 4 is 5.91 Å². The van der Waals surface area contributed by atoms with E-state index in [0.717, 1.165) is 24.0 Å². The van der Waals surface area contributed by atoms with Crippen molar-refractivity contribution in [1.82, 2.24) is 10.3 Å². The first-order valence-corrected chi connectivity index (χ1v) is 7.46. The number of nitrogens with one attached hydrogen (secondary N) is 1. The number of nitrogens with zero attached hydrogens (tertiary/aromatic N) is 1. The number of benzene rings is 1. The molecule has 1 heterocycles. The first-order chi connectivity index (χ1) is 10.2. The highest BCUT2D eigenvalue weighted by Gasteiger charge is 2.09. The van der Waals surface area contributed by atoms with Gasteiger partial charge in [-0.1, -0.05) is 37.3 Å². The van der Waals surface area contributed by atoms with Crippen molar-refractivity contribution in [3.05, 3.63) is 65.5 Å². The zero-order chi connectivity index (χ0) is 15.1. The molecule has 0 saturated carbocycles. The SMILES string of the molecule is CCc1ccc(C(C)NC(=O)CCc2cccnc2)cc1. The van der Waals surface area contributed by atoms with Gasteiger partial charge in [0.1, 0.15) is 0 Å². The van der Waals surface area contributed by atoms with E-state index in [9.17, 15) is 4.79 Å². The lowest BCUT2D eigenvalue weighted by Gasteiger charge is -2.14. The van der Waals surface area contributed by atoms with Gasteiger partial charge in [0.15, 0.2) is 0 Å². The number of aromatic nitrogens is 1. The van der Waals surface area contributed by atoms with Crippen LogP contribution in [0.3, 0.4) is 0 Å². The Morgan fingerprint density at radius 2 is 1.95 bits per heavy atom. The Morgan fingerprint density at radius 3 is 2.57 bits per heavy atom. The number of hydrogen-bond donors (Lipinski definition) is 1. The summed E-state index contributed by atoms with van der Waals surface area (Å²) in [7, 11) is 0. The maximum atomic E-state index is 12.0. The van der Waals surface area contributed by atoms with Crippen LogP contribution in [0.1, 0.15) is 43.0 Å². The molecule has 1 atom stereocenters. The summed E-state index contributed by atoms with van der Waals surface area (Å²) in [4.78, 5) is 16.0. The minimum Gasteiger partial charge on any atom is -0.350 e. The zero-order valence-corrected chi connectivity index (χ0v) is 12.7. The summed E-state index contributed by atoms with van der Waals surface area (Å²) in [6.45, 7) is 4.15. The van der Waals surface area contributed by atoms with E-state index >= 15 is 0 Å². The highest BCUT2D eigenvalue weighted by atomic mass is 16.1. The lowest BCUT2D eigenvalue weighted by molar-refractivity contribution is -0.121. The summed E-state index contributed by atoms with van der Waals surface area (Å²) in [6.07, 6.45) is 5.79. The van der Waals surface area contributed by atoms with Gasteiger partial charge in [-0.2, -0.15) is 0 Å². The van der Waals surface area contributed by atoms with Gasteiger partial charge < -0.3 is 5.32 Å². The summed E-state index contributed by atoms with van der Waals surface area (Å²) < 4.78 is 0. The fraction of sp³-hybridized carbons (Fsp3) is 0.333. The highest BCUT2D eigenvalue weighted by Crippen LogP contribution is 2.14. The standard InChI is InChI=1S/C18H22N2O/c1-3-15-6-9-17(10-7-15)14(2)20-18(21)11-8-16-5-4-12-19-13-16/h4-7,9-10,12-14H,3,8,11H2,1-2H3,(H,20,21). The van der Waals surface area contributed by atoms with E-state index in [1.54, 1.807) is 12.4 Å².